The Kier molecular flexibility index (Phi) is 12.7. The van der Waals surface area contributed by atoms with Gasteiger partial charge in [-0.3, -0.25) is 15.4 Å². The number of rotatable bonds is 12. The van der Waals surface area contributed by atoms with E-state index in [1.54, 1.807) is 46.6 Å². The molecule has 3 aromatic rings. The zero-order valence-corrected chi connectivity index (χ0v) is 27.9. The Morgan fingerprint density at radius 1 is 0.783 bits per heavy atom. The van der Waals surface area contributed by atoms with Crippen molar-refractivity contribution in [2.24, 2.45) is 5.41 Å². The van der Waals surface area contributed by atoms with E-state index in [0.717, 1.165) is 22.3 Å². The summed E-state index contributed by atoms with van der Waals surface area (Å²) in [7, 11) is 1.21. The van der Waals surface area contributed by atoms with E-state index in [-0.39, 0.29) is 13.1 Å². The minimum Gasteiger partial charge on any atom is -0.453 e. The van der Waals surface area contributed by atoms with Gasteiger partial charge in [0.25, 0.3) is 5.91 Å². The van der Waals surface area contributed by atoms with Gasteiger partial charge in [0.15, 0.2) is 0 Å². The number of amides is 3. The van der Waals surface area contributed by atoms with Crippen LogP contribution in [0.3, 0.4) is 0 Å². The first-order valence-corrected chi connectivity index (χ1v) is 15.5. The fourth-order valence-electron chi connectivity index (χ4n) is 4.89. The van der Waals surface area contributed by atoms with E-state index in [2.05, 4.69) is 10.7 Å². The molecule has 0 spiro atoms. The second kappa shape index (κ2) is 16.2. The van der Waals surface area contributed by atoms with Crippen molar-refractivity contribution in [3.05, 3.63) is 96.1 Å². The van der Waals surface area contributed by atoms with Gasteiger partial charge >= 0.3 is 12.2 Å². The summed E-state index contributed by atoms with van der Waals surface area (Å²) in [5, 5.41) is 16.4. The van der Waals surface area contributed by atoms with Crippen LogP contribution in [0, 0.1) is 5.41 Å². The number of hydrogen-bond donors (Lipinski definition) is 3. The molecule has 3 rings (SSSR count). The van der Waals surface area contributed by atoms with Crippen LogP contribution in [0.15, 0.2) is 84.9 Å². The summed E-state index contributed by atoms with van der Waals surface area (Å²) >= 11 is 0. The average Bonchev–Trinajstić information content (AvgIpc) is 3.00. The highest BCUT2D eigenvalue weighted by atomic mass is 16.6. The zero-order chi connectivity index (χ0) is 33.9. The number of alkyl carbamates (subject to hydrolysis) is 1. The summed E-state index contributed by atoms with van der Waals surface area (Å²) in [6, 6.07) is 25.8. The van der Waals surface area contributed by atoms with E-state index in [1.165, 1.54) is 7.11 Å². The molecule has 3 aromatic carbocycles. The Labute approximate surface area is 272 Å². The van der Waals surface area contributed by atoms with Crippen molar-refractivity contribution in [1.82, 2.24) is 20.8 Å². The number of nitrogens with one attached hydrogen (secondary N) is 2. The molecule has 0 aliphatic carbocycles. The second-order valence-corrected chi connectivity index (χ2v) is 13.4. The molecule has 0 heterocycles. The quantitative estimate of drug-likeness (QED) is 0.152. The van der Waals surface area contributed by atoms with Crippen LogP contribution in [-0.4, -0.2) is 64.7 Å². The number of methoxy groups -OCH3 is 1. The normalized spacial score (nSPS) is 13.0. The maximum atomic E-state index is 13.8. The largest absolute Gasteiger partial charge is 0.453 e. The van der Waals surface area contributed by atoms with Crippen LogP contribution in [-0.2, 0) is 27.2 Å². The lowest BCUT2D eigenvalue weighted by atomic mass is 9.86. The molecule has 0 aromatic heterocycles. The molecule has 10 nitrogen and oxygen atoms in total. The summed E-state index contributed by atoms with van der Waals surface area (Å²) < 4.78 is 10.3. The first kappa shape index (κ1) is 36.1. The van der Waals surface area contributed by atoms with Gasteiger partial charge in [0, 0.05) is 13.1 Å². The third-order valence-electron chi connectivity index (χ3n) is 7.26. The number of ether oxygens (including phenoxy) is 2. The van der Waals surface area contributed by atoms with Gasteiger partial charge in [0.05, 0.1) is 13.2 Å². The van der Waals surface area contributed by atoms with E-state index < -0.39 is 41.2 Å². The van der Waals surface area contributed by atoms with Crippen LogP contribution in [0.2, 0.25) is 0 Å². The number of carbonyl (C=O) groups is 3. The Morgan fingerprint density at radius 3 is 1.89 bits per heavy atom. The second-order valence-electron chi connectivity index (χ2n) is 13.4. The van der Waals surface area contributed by atoms with Gasteiger partial charge in [-0.25, -0.2) is 19.7 Å². The minimum atomic E-state index is -1.08. The molecule has 248 valence electrons. The summed E-state index contributed by atoms with van der Waals surface area (Å²) in [5.41, 5.74) is 5.40. The van der Waals surface area contributed by atoms with Crippen LogP contribution in [0.1, 0.15) is 59.1 Å². The molecular weight excluding hydrogens is 584 g/mol. The SMILES string of the molecule is COC(=O)N[C@H](C(=O)N(O)[C@@H](CCc1ccccc1)CN(Cc1ccc(-c2ccccc2)cc1)NC(=O)OC(C)(C)C)C(C)(C)C. The monoisotopic (exact) mass is 632 g/mol. The molecule has 0 bridgehead atoms. The van der Waals surface area contributed by atoms with Crippen molar-refractivity contribution < 1.29 is 29.1 Å². The maximum Gasteiger partial charge on any atom is 0.422 e. The van der Waals surface area contributed by atoms with Crippen molar-refractivity contribution in [2.45, 2.75) is 78.6 Å². The fraction of sp³-hybridized carbons (Fsp3) is 0.417. The zero-order valence-electron chi connectivity index (χ0n) is 27.9. The topological polar surface area (TPSA) is 120 Å². The van der Waals surface area contributed by atoms with Gasteiger partial charge < -0.3 is 14.8 Å². The van der Waals surface area contributed by atoms with E-state index >= 15 is 0 Å². The summed E-state index contributed by atoms with van der Waals surface area (Å²) in [4.78, 5) is 38.9. The fourth-order valence-corrected chi connectivity index (χ4v) is 4.89. The average molecular weight is 633 g/mol. The first-order chi connectivity index (χ1) is 21.7. The van der Waals surface area contributed by atoms with Crippen LogP contribution in [0.25, 0.3) is 11.1 Å². The maximum absolute atomic E-state index is 13.8. The van der Waals surface area contributed by atoms with E-state index in [1.807, 2.05) is 84.9 Å². The molecule has 2 atom stereocenters. The lowest BCUT2D eigenvalue weighted by Gasteiger charge is -2.37. The first-order valence-electron chi connectivity index (χ1n) is 15.5. The molecule has 0 saturated carbocycles. The van der Waals surface area contributed by atoms with Crippen molar-refractivity contribution in [1.29, 1.82) is 0 Å². The lowest BCUT2D eigenvalue weighted by Crippen LogP contribution is -2.58. The standard InChI is InChI=1S/C36H48N4O6/c1-35(2,3)31(37-33(42)45-7)32(41)40(44)30(23-20-26-14-10-8-11-15-26)25-39(38-34(43)46-36(4,5)6)24-27-18-21-29(22-19-27)28-16-12-9-13-17-28/h8-19,21-22,30-31,44H,20,23-25H2,1-7H3,(H,37,42)(H,38,43)/t30-,31+/m0/s1. The van der Waals surface area contributed by atoms with Crippen molar-refractivity contribution >= 4 is 18.1 Å². The summed E-state index contributed by atoms with van der Waals surface area (Å²) in [6.45, 7) is 11.0. The smallest absolute Gasteiger partial charge is 0.422 e. The molecule has 0 radical (unpaired) electrons. The summed E-state index contributed by atoms with van der Waals surface area (Å²) in [5.74, 6) is -0.694. The molecule has 0 saturated heterocycles. The number of nitrogens with zero attached hydrogens (tertiary/aromatic N) is 2. The number of hydrogen-bond acceptors (Lipinski definition) is 7. The predicted octanol–water partition coefficient (Wildman–Crippen LogP) is 6.59. The third-order valence-corrected chi connectivity index (χ3v) is 7.26. The third kappa shape index (κ3) is 11.5. The molecule has 46 heavy (non-hydrogen) atoms. The lowest BCUT2D eigenvalue weighted by molar-refractivity contribution is -0.183. The van der Waals surface area contributed by atoms with E-state index in [0.29, 0.717) is 17.9 Å². The Balaban J connectivity index is 1.92. The Bertz CT molecular complexity index is 1400. The highest BCUT2D eigenvalue weighted by molar-refractivity contribution is 5.86. The summed E-state index contributed by atoms with van der Waals surface area (Å²) in [6.07, 6.45) is -0.534. The van der Waals surface area contributed by atoms with Gasteiger partial charge in [-0.15, -0.1) is 0 Å². The van der Waals surface area contributed by atoms with Gasteiger partial charge in [0.2, 0.25) is 0 Å². The number of hydroxylamine groups is 2. The molecule has 0 aliphatic heterocycles. The van der Waals surface area contributed by atoms with E-state index in [4.69, 9.17) is 9.47 Å². The molecule has 0 unspecified atom stereocenters. The molecule has 0 aliphatic rings. The van der Waals surface area contributed by atoms with Crippen LogP contribution < -0.4 is 10.7 Å². The molecular formula is C36H48N4O6. The Morgan fingerprint density at radius 2 is 1.35 bits per heavy atom. The highest BCUT2D eigenvalue weighted by Gasteiger charge is 2.38. The van der Waals surface area contributed by atoms with Crippen molar-refractivity contribution in [3.63, 3.8) is 0 Å². The van der Waals surface area contributed by atoms with Gasteiger partial charge in [-0.2, -0.15) is 0 Å². The van der Waals surface area contributed by atoms with Crippen LogP contribution >= 0.6 is 0 Å². The van der Waals surface area contributed by atoms with Crippen LogP contribution in [0.4, 0.5) is 9.59 Å². The number of benzene rings is 3. The number of carbonyl (C=O) groups excluding carboxylic acids is 3. The van der Waals surface area contributed by atoms with Gasteiger partial charge in [0.1, 0.15) is 11.6 Å². The number of hydrazine groups is 1. The molecule has 10 heteroatoms. The van der Waals surface area contributed by atoms with Crippen LogP contribution in [0.5, 0.6) is 0 Å². The molecule has 0 fully saturated rings. The van der Waals surface area contributed by atoms with Crippen molar-refractivity contribution in [3.8, 4) is 11.1 Å². The number of aryl methyl sites for hydroxylation is 1. The van der Waals surface area contributed by atoms with Gasteiger partial charge in [-0.05, 0) is 61.3 Å². The van der Waals surface area contributed by atoms with Crippen molar-refractivity contribution in [2.75, 3.05) is 13.7 Å². The van der Waals surface area contributed by atoms with E-state index in [9.17, 15) is 19.6 Å². The minimum absolute atomic E-state index is 0.0594. The molecule has 3 amide bonds. The molecule has 3 N–H and O–H groups in total. The highest BCUT2D eigenvalue weighted by Crippen LogP contribution is 2.24. The Hall–Kier alpha value is -4.41. The van der Waals surface area contributed by atoms with Gasteiger partial charge in [-0.1, -0.05) is 106 Å². The predicted molar refractivity (Wildman–Crippen MR) is 178 cm³/mol.